The predicted molar refractivity (Wildman–Crippen MR) is 70.2 cm³/mol. The van der Waals surface area contributed by atoms with Crippen LogP contribution in [0.25, 0.3) is 0 Å². The van der Waals surface area contributed by atoms with Crippen LogP contribution >= 0.6 is 0 Å². The molecule has 0 saturated carbocycles. The number of nitriles is 1. The van der Waals surface area contributed by atoms with Gasteiger partial charge in [-0.05, 0) is 24.5 Å². The van der Waals surface area contributed by atoms with Gasteiger partial charge in [0.25, 0.3) is 0 Å². The first kappa shape index (κ1) is 13.4. The van der Waals surface area contributed by atoms with E-state index < -0.39 is 0 Å². The third-order valence-corrected chi connectivity index (χ3v) is 2.92. The number of hydrogen-bond donors (Lipinski definition) is 1. The molecule has 0 aliphatic rings. The summed E-state index contributed by atoms with van der Waals surface area (Å²) in [5.41, 5.74) is 1.57. The maximum atomic E-state index is 8.84. The molecule has 0 spiro atoms. The van der Waals surface area contributed by atoms with E-state index in [9.17, 15) is 0 Å². The molecule has 0 radical (unpaired) electrons. The lowest BCUT2D eigenvalue weighted by molar-refractivity contribution is 0.414. The van der Waals surface area contributed by atoms with E-state index in [-0.39, 0.29) is 0 Å². The largest absolute Gasteiger partial charge is 0.495 e. The Hall–Kier alpha value is -1.69. The van der Waals surface area contributed by atoms with Crippen LogP contribution in [0.15, 0.2) is 18.2 Å². The van der Waals surface area contributed by atoms with E-state index in [0.29, 0.717) is 17.5 Å². The average Bonchev–Trinajstić information content (AvgIpc) is 2.35. The molecular weight excluding hydrogens is 212 g/mol. The lowest BCUT2D eigenvalue weighted by Gasteiger charge is -2.23. The molecule has 0 aliphatic heterocycles. The molecular formula is C14H20N2O. The third kappa shape index (κ3) is 3.39. The minimum atomic E-state index is 0.414. The van der Waals surface area contributed by atoms with E-state index in [1.54, 1.807) is 19.2 Å². The van der Waals surface area contributed by atoms with Crippen molar-refractivity contribution in [3.05, 3.63) is 23.8 Å². The lowest BCUT2D eigenvalue weighted by Crippen LogP contribution is -2.24. The number of nitrogens with zero attached hydrogens (tertiary/aromatic N) is 1. The maximum absolute atomic E-state index is 8.84. The second-order valence-corrected chi connectivity index (χ2v) is 4.43. The first-order valence-electron chi connectivity index (χ1n) is 5.97. The highest BCUT2D eigenvalue weighted by Crippen LogP contribution is 2.27. The molecule has 0 amide bonds. The molecule has 1 rings (SSSR count). The SMILES string of the molecule is CCC(Nc1ccc(C#N)cc1OC)C(C)C. The Balaban J connectivity index is 2.94. The molecule has 0 fully saturated rings. The Labute approximate surface area is 103 Å². The fourth-order valence-corrected chi connectivity index (χ4v) is 1.82. The Morgan fingerprint density at radius 3 is 2.59 bits per heavy atom. The van der Waals surface area contributed by atoms with Crippen LogP contribution in [0.5, 0.6) is 5.75 Å². The second kappa shape index (κ2) is 6.15. The van der Waals surface area contributed by atoms with Crippen molar-refractivity contribution < 1.29 is 4.74 Å². The third-order valence-electron chi connectivity index (χ3n) is 2.92. The summed E-state index contributed by atoms with van der Waals surface area (Å²) in [5, 5.41) is 12.3. The van der Waals surface area contributed by atoms with Crippen LogP contribution in [-0.4, -0.2) is 13.2 Å². The fourth-order valence-electron chi connectivity index (χ4n) is 1.82. The summed E-state index contributed by atoms with van der Waals surface area (Å²) in [6.45, 7) is 6.54. The van der Waals surface area contributed by atoms with Crippen molar-refractivity contribution in [3.63, 3.8) is 0 Å². The summed E-state index contributed by atoms with van der Waals surface area (Å²) in [6.07, 6.45) is 1.06. The van der Waals surface area contributed by atoms with Crippen LogP contribution in [0, 0.1) is 17.2 Å². The van der Waals surface area contributed by atoms with Gasteiger partial charge >= 0.3 is 0 Å². The zero-order chi connectivity index (χ0) is 12.8. The van der Waals surface area contributed by atoms with E-state index in [1.165, 1.54) is 0 Å². The second-order valence-electron chi connectivity index (χ2n) is 4.43. The van der Waals surface area contributed by atoms with Crippen molar-refractivity contribution in [1.29, 1.82) is 5.26 Å². The van der Waals surface area contributed by atoms with Gasteiger partial charge in [0.05, 0.1) is 24.4 Å². The van der Waals surface area contributed by atoms with E-state index in [2.05, 4.69) is 32.2 Å². The van der Waals surface area contributed by atoms with Gasteiger partial charge in [-0.2, -0.15) is 5.26 Å². The van der Waals surface area contributed by atoms with E-state index >= 15 is 0 Å². The minimum absolute atomic E-state index is 0.414. The normalized spacial score (nSPS) is 12.0. The maximum Gasteiger partial charge on any atom is 0.143 e. The number of nitrogens with one attached hydrogen (secondary N) is 1. The molecule has 3 nitrogen and oxygen atoms in total. The molecule has 0 saturated heterocycles. The number of benzene rings is 1. The van der Waals surface area contributed by atoms with E-state index in [1.807, 2.05) is 6.07 Å². The molecule has 1 atom stereocenters. The van der Waals surface area contributed by atoms with E-state index in [0.717, 1.165) is 17.9 Å². The molecule has 0 aromatic heterocycles. The van der Waals surface area contributed by atoms with Crippen LogP contribution < -0.4 is 10.1 Å². The molecule has 17 heavy (non-hydrogen) atoms. The van der Waals surface area contributed by atoms with Crippen LogP contribution in [-0.2, 0) is 0 Å². The topological polar surface area (TPSA) is 45.0 Å². The van der Waals surface area contributed by atoms with Crippen molar-refractivity contribution >= 4 is 5.69 Å². The van der Waals surface area contributed by atoms with Gasteiger partial charge in [-0.25, -0.2) is 0 Å². The lowest BCUT2D eigenvalue weighted by atomic mass is 10.0. The van der Waals surface area contributed by atoms with Crippen LogP contribution in [0.1, 0.15) is 32.8 Å². The molecule has 0 heterocycles. The van der Waals surface area contributed by atoms with Crippen molar-refractivity contribution in [2.45, 2.75) is 33.2 Å². The molecule has 1 aromatic carbocycles. The monoisotopic (exact) mass is 232 g/mol. The minimum Gasteiger partial charge on any atom is -0.495 e. The summed E-state index contributed by atoms with van der Waals surface area (Å²) >= 11 is 0. The Bertz CT molecular complexity index is 407. The zero-order valence-electron chi connectivity index (χ0n) is 10.9. The predicted octanol–water partition coefficient (Wildman–Crippen LogP) is 3.41. The van der Waals surface area contributed by atoms with Crippen LogP contribution in [0.4, 0.5) is 5.69 Å². The molecule has 0 aliphatic carbocycles. The Kier molecular flexibility index (Phi) is 4.84. The summed E-state index contributed by atoms with van der Waals surface area (Å²) in [5.74, 6) is 1.28. The fraction of sp³-hybridized carbons (Fsp3) is 0.500. The van der Waals surface area contributed by atoms with Crippen LogP contribution in [0.3, 0.4) is 0 Å². The van der Waals surface area contributed by atoms with Crippen molar-refractivity contribution in [3.8, 4) is 11.8 Å². The number of methoxy groups -OCH3 is 1. The zero-order valence-corrected chi connectivity index (χ0v) is 10.9. The summed E-state index contributed by atoms with van der Waals surface area (Å²) in [7, 11) is 1.62. The van der Waals surface area contributed by atoms with Crippen molar-refractivity contribution in [1.82, 2.24) is 0 Å². The van der Waals surface area contributed by atoms with Gasteiger partial charge in [-0.15, -0.1) is 0 Å². The molecule has 1 N–H and O–H groups in total. The van der Waals surface area contributed by atoms with Gasteiger partial charge in [-0.1, -0.05) is 20.8 Å². The Morgan fingerprint density at radius 1 is 1.41 bits per heavy atom. The van der Waals surface area contributed by atoms with E-state index in [4.69, 9.17) is 10.00 Å². The van der Waals surface area contributed by atoms with Gasteiger partial charge in [0.2, 0.25) is 0 Å². The number of ether oxygens (including phenoxy) is 1. The smallest absolute Gasteiger partial charge is 0.143 e. The van der Waals surface area contributed by atoms with Crippen molar-refractivity contribution in [2.75, 3.05) is 12.4 Å². The first-order chi connectivity index (χ1) is 8.12. The quantitative estimate of drug-likeness (QED) is 0.846. The molecule has 92 valence electrons. The molecule has 3 heteroatoms. The standard InChI is InChI=1S/C14H20N2O/c1-5-12(10(2)3)16-13-7-6-11(9-15)8-14(13)17-4/h6-8,10,12,16H,5H2,1-4H3. The molecule has 1 unspecified atom stereocenters. The Morgan fingerprint density at radius 2 is 2.12 bits per heavy atom. The van der Waals surface area contributed by atoms with Gasteiger partial charge in [0, 0.05) is 12.1 Å². The van der Waals surface area contributed by atoms with Gasteiger partial charge < -0.3 is 10.1 Å². The average molecular weight is 232 g/mol. The number of anilines is 1. The number of hydrogen-bond acceptors (Lipinski definition) is 3. The highest BCUT2D eigenvalue weighted by Gasteiger charge is 2.13. The summed E-state index contributed by atoms with van der Waals surface area (Å²) < 4.78 is 5.30. The first-order valence-corrected chi connectivity index (χ1v) is 5.97. The van der Waals surface area contributed by atoms with Crippen molar-refractivity contribution in [2.24, 2.45) is 5.92 Å². The van der Waals surface area contributed by atoms with Gasteiger partial charge in [0.1, 0.15) is 5.75 Å². The summed E-state index contributed by atoms with van der Waals surface area (Å²) in [6, 6.07) is 7.99. The van der Waals surface area contributed by atoms with Crippen LogP contribution in [0.2, 0.25) is 0 Å². The van der Waals surface area contributed by atoms with Gasteiger partial charge in [-0.3, -0.25) is 0 Å². The molecule has 1 aromatic rings. The highest BCUT2D eigenvalue weighted by molar-refractivity contribution is 5.59. The highest BCUT2D eigenvalue weighted by atomic mass is 16.5. The number of rotatable bonds is 5. The molecule has 0 bridgehead atoms. The summed E-state index contributed by atoms with van der Waals surface area (Å²) in [4.78, 5) is 0. The van der Waals surface area contributed by atoms with Gasteiger partial charge in [0.15, 0.2) is 0 Å².